The molecule has 0 aliphatic carbocycles. The predicted molar refractivity (Wildman–Crippen MR) is 79.5 cm³/mol. The van der Waals surface area contributed by atoms with E-state index in [4.69, 9.17) is 10.5 Å². The van der Waals surface area contributed by atoms with Crippen molar-refractivity contribution in [1.29, 1.82) is 0 Å². The van der Waals surface area contributed by atoms with Crippen LogP contribution in [0, 0.1) is 0 Å². The van der Waals surface area contributed by atoms with Crippen LogP contribution in [-0.4, -0.2) is 21.6 Å². The van der Waals surface area contributed by atoms with E-state index in [1.807, 2.05) is 6.07 Å². The molecule has 0 atom stereocenters. The van der Waals surface area contributed by atoms with E-state index >= 15 is 0 Å². The minimum atomic E-state index is 0.485. The lowest BCUT2D eigenvalue weighted by atomic mass is 10.2. The van der Waals surface area contributed by atoms with E-state index < -0.39 is 0 Å². The van der Waals surface area contributed by atoms with Crippen LogP contribution in [0.4, 0.5) is 5.82 Å². The highest BCUT2D eigenvalue weighted by molar-refractivity contribution is 5.62. The number of nitrogens with zero attached hydrogens (tertiary/aromatic N) is 3. The number of pyridine rings is 1. The predicted octanol–water partition coefficient (Wildman–Crippen LogP) is 2.86. The van der Waals surface area contributed by atoms with Crippen molar-refractivity contribution < 1.29 is 4.74 Å². The zero-order valence-corrected chi connectivity index (χ0v) is 12.0. The number of nitrogen functional groups attached to an aromatic ring is 1. The smallest absolute Gasteiger partial charge is 0.138 e. The lowest BCUT2D eigenvalue weighted by molar-refractivity contribution is 0.316. The second-order valence-electron chi connectivity index (χ2n) is 4.60. The van der Waals surface area contributed by atoms with Crippen molar-refractivity contribution in [3.05, 3.63) is 30.4 Å². The first kappa shape index (κ1) is 14.2. The third-order valence-electron chi connectivity index (χ3n) is 2.75. The average molecular weight is 272 g/mol. The fourth-order valence-electron chi connectivity index (χ4n) is 1.86. The van der Waals surface area contributed by atoms with E-state index in [1.54, 1.807) is 18.5 Å². The summed E-state index contributed by atoms with van der Waals surface area (Å²) in [5.74, 6) is 2.00. The van der Waals surface area contributed by atoms with Gasteiger partial charge in [-0.3, -0.25) is 4.98 Å². The van der Waals surface area contributed by atoms with Gasteiger partial charge in [0, 0.05) is 24.2 Å². The summed E-state index contributed by atoms with van der Waals surface area (Å²) < 4.78 is 5.59. The first-order valence-electron chi connectivity index (χ1n) is 6.94. The minimum absolute atomic E-state index is 0.485. The summed E-state index contributed by atoms with van der Waals surface area (Å²) in [6, 6.07) is 3.69. The van der Waals surface area contributed by atoms with Crippen LogP contribution < -0.4 is 10.5 Å². The summed E-state index contributed by atoms with van der Waals surface area (Å²) in [4.78, 5) is 13.0. The molecule has 0 spiro atoms. The maximum absolute atomic E-state index is 5.84. The van der Waals surface area contributed by atoms with Gasteiger partial charge in [-0.2, -0.15) is 0 Å². The zero-order valence-electron chi connectivity index (χ0n) is 12.0. The molecule has 0 aliphatic rings. The number of hydrogen-bond acceptors (Lipinski definition) is 5. The molecule has 0 unspecified atom stereocenters. The Bertz CT molecular complexity index is 572. The summed E-state index contributed by atoms with van der Waals surface area (Å²) in [7, 11) is 0. The molecule has 106 valence electrons. The van der Waals surface area contributed by atoms with Gasteiger partial charge in [0.2, 0.25) is 0 Å². The highest BCUT2D eigenvalue weighted by Gasteiger charge is 2.06. The number of hydrogen-bond donors (Lipinski definition) is 1. The molecule has 0 radical (unpaired) electrons. The SMILES string of the molecule is CCCOc1cncc(-c2cc(N)nc(CCC)n2)c1. The Labute approximate surface area is 119 Å². The molecule has 2 aromatic heterocycles. The summed E-state index contributed by atoms with van der Waals surface area (Å²) in [5, 5.41) is 0. The Morgan fingerprint density at radius 3 is 2.70 bits per heavy atom. The Morgan fingerprint density at radius 2 is 1.95 bits per heavy atom. The molecule has 2 heterocycles. The maximum atomic E-state index is 5.84. The third kappa shape index (κ3) is 3.66. The van der Waals surface area contributed by atoms with Gasteiger partial charge in [0.1, 0.15) is 17.4 Å². The van der Waals surface area contributed by atoms with Gasteiger partial charge in [0.25, 0.3) is 0 Å². The van der Waals surface area contributed by atoms with E-state index in [0.717, 1.165) is 42.1 Å². The molecular formula is C15H20N4O. The third-order valence-corrected chi connectivity index (χ3v) is 2.75. The van der Waals surface area contributed by atoms with Crippen LogP contribution in [-0.2, 0) is 6.42 Å². The molecule has 2 aromatic rings. The Hall–Kier alpha value is -2.17. The first-order chi connectivity index (χ1) is 9.72. The van der Waals surface area contributed by atoms with Gasteiger partial charge in [-0.1, -0.05) is 13.8 Å². The second kappa shape index (κ2) is 6.84. The molecule has 0 amide bonds. The van der Waals surface area contributed by atoms with Gasteiger partial charge in [-0.15, -0.1) is 0 Å². The Kier molecular flexibility index (Phi) is 4.87. The summed E-state index contributed by atoms with van der Waals surface area (Å²) >= 11 is 0. The number of aryl methyl sites for hydroxylation is 1. The van der Waals surface area contributed by atoms with Crippen molar-refractivity contribution in [1.82, 2.24) is 15.0 Å². The van der Waals surface area contributed by atoms with Crippen LogP contribution in [0.1, 0.15) is 32.5 Å². The first-order valence-corrected chi connectivity index (χ1v) is 6.94. The van der Waals surface area contributed by atoms with E-state index in [1.165, 1.54) is 0 Å². The van der Waals surface area contributed by atoms with Crippen LogP contribution in [0.25, 0.3) is 11.3 Å². The summed E-state index contributed by atoms with van der Waals surface area (Å²) in [5.41, 5.74) is 7.52. The van der Waals surface area contributed by atoms with Crippen LogP contribution in [0.15, 0.2) is 24.5 Å². The van der Waals surface area contributed by atoms with Crippen LogP contribution >= 0.6 is 0 Å². The Morgan fingerprint density at radius 1 is 1.10 bits per heavy atom. The topological polar surface area (TPSA) is 73.9 Å². The van der Waals surface area contributed by atoms with Gasteiger partial charge in [-0.05, 0) is 18.9 Å². The van der Waals surface area contributed by atoms with E-state index in [0.29, 0.717) is 12.4 Å². The van der Waals surface area contributed by atoms with Crippen LogP contribution in [0.3, 0.4) is 0 Å². The van der Waals surface area contributed by atoms with Crippen molar-refractivity contribution in [2.24, 2.45) is 0 Å². The second-order valence-corrected chi connectivity index (χ2v) is 4.60. The average Bonchev–Trinajstić information content (AvgIpc) is 2.45. The largest absolute Gasteiger partial charge is 0.492 e. The zero-order chi connectivity index (χ0) is 14.4. The molecule has 0 aromatic carbocycles. The molecule has 2 N–H and O–H groups in total. The maximum Gasteiger partial charge on any atom is 0.138 e. The lowest BCUT2D eigenvalue weighted by Crippen LogP contribution is -2.01. The van der Waals surface area contributed by atoms with Crippen molar-refractivity contribution in [3.63, 3.8) is 0 Å². The standard InChI is InChI=1S/C15H20N4O/c1-3-5-15-18-13(8-14(16)19-15)11-7-12(10-17-9-11)20-6-4-2/h7-10H,3-6H2,1-2H3,(H2,16,18,19). The van der Waals surface area contributed by atoms with Crippen molar-refractivity contribution >= 4 is 5.82 Å². The molecule has 0 bridgehead atoms. The van der Waals surface area contributed by atoms with Crippen LogP contribution in [0.2, 0.25) is 0 Å². The number of rotatable bonds is 6. The number of nitrogens with two attached hydrogens (primary N) is 1. The van der Waals surface area contributed by atoms with Crippen molar-refractivity contribution in [2.45, 2.75) is 33.1 Å². The van der Waals surface area contributed by atoms with Gasteiger partial charge >= 0.3 is 0 Å². The highest BCUT2D eigenvalue weighted by atomic mass is 16.5. The normalized spacial score (nSPS) is 10.5. The van der Waals surface area contributed by atoms with Crippen LogP contribution in [0.5, 0.6) is 5.75 Å². The summed E-state index contributed by atoms with van der Waals surface area (Å²) in [6.07, 6.45) is 6.23. The van der Waals surface area contributed by atoms with E-state index in [-0.39, 0.29) is 0 Å². The number of aromatic nitrogens is 3. The number of anilines is 1. The molecule has 5 heteroatoms. The molecule has 2 rings (SSSR count). The fraction of sp³-hybridized carbons (Fsp3) is 0.400. The molecule has 0 fully saturated rings. The molecule has 0 saturated carbocycles. The van der Waals surface area contributed by atoms with Crippen molar-refractivity contribution in [3.8, 4) is 17.0 Å². The highest BCUT2D eigenvalue weighted by Crippen LogP contribution is 2.22. The molecule has 20 heavy (non-hydrogen) atoms. The fourth-order valence-corrected chi connectivity index (χ4v) is 1.86. The van der Waals surface area contributed by atoms with Gasteiger partial charge in [0.05, 0.1) is 18.5 Å². The molecular weight excluding hydrogens is 252 g/mol. The van der Waals surface area contributed by atoms with E-state index in [2.05, 4.69) is 28.8 Å². The van der Waals surface area contributed by atoms with Gasteiger partial charge in [-0.25, -0.2) is 9.97 Å². The monoisotopic (exact) mass is 272 g/mol. The molecule has 5 nitrogen and oxygen atoms in total. The number of ether oxygens (including phenoxy) is 1. The quantitative estimate of drug-likeness (QED) is 0.875. The van der Waals surface area contributed by atoms with Crippen molar-refractivity contribution in [2.75, 3.05) is 12.3 Å². The molecule has 0 saturated heterocycles. The lowest BCUT2D eigenvalue weighted by Gasteiger charge is -2.08. The minimum Gasteiger partial charge on any atom is -0.492 e. The van der Waals surface area contributed by atoms with Gasteiger partial charge in [0.15, 0.2) is 0 Å². The summed E-state index contributed by atoms with van der Waals surface area (Å²) in [6.45, 7) is 4.84. The van der Waals surface area contributed by atoms with E-state index in [9.17, 15) is 0 Å². The molecule has 0 aliphatic heterocycles. The Balaban J connectivity index is 2.30. The van der Waals surface area contributed by atoms with Gasteiger partial charge < -0.3 is 10.5 Å².